The highest BCUT2D eigenvalue weighted by Gasteiger charge is 2.11. The van der Waals surface area contributed by atoms with Gasteiger partial charge in [0.1, 0.15) is 5.82 Å². The summed E-state index contributed by atoms with van der Waals surface area (Å²) < 4.78 is 38.5. The first kappa shape index (κ1) is 16.0. The van der Waals surface area contributed by atoms with Crippen molar-refractivity contribution in [2.24, 2.45) is 0 Å². The zero-order valence-corrected chi connectivity index (χ0v) is 11.5. The monoisotopic (exact) mass is 309 g/mol. The second kappa shape index (κ2) is 7.09. The van der Waals surface area contributed by atoms with E-state index in [1.54, 1.807) is 0 Å². The predicted molar refractivity (Wildman–Crippen MR) is 74.4 cm³/mol. The van der Waals surface area contributed by atoms with E-state index in [4.69, 9.17) is 0 Å². The standard InChI is InChI=1S/C16H14F3NO2/c17-12-4-2-11(3-5-12)15(21)9-20-16(22)8-10-1-6-13(18)14(19)7-10/h1-7,15,21H,8-9H2,(H,20,22). The third kappa shape index (κ3) is 4.33. The van der Waals surface area contributed by atoms with Crippen molar-refractivity contribution < 1.29 is 23.1 Å². The molecular weight excluding hydrogens is 295 g/mol. The van der Waals surface area contributed by atoms with Gasteiger partial charge in [0.25, 0.3) is 0 Å². The maximum absolute atomic E-state index is 13.0. The van der Waals surface area contributed by atoms with Gasteiger partial charge in [-0.1, -0.05) is 18.2 Å². The van der Waals surface area contributed by atoms with E-state index in [1.165, 1.54) is 30.3 Å². The fourth-order valence-electron chi connectivity index (χ4n) is 1.91. The van der Waals surface area contributed by atoms with Gasteiger partial charge in [0.15, 0.2) is 11.6 Å². The molecule has 0 saturated carbocycles. The second-order valence-electron chi connectivity index (χ2n) is 4.80. The normalized spacial score (nSPS) is 12.0. The largest absolute Gasteiger partial charge is 0.387 e. The maximum atomic E-state index is 13.0. The Balaban J connectivity index is 1.86. The molecule has 2 aromatic rings. The summed E-state index contributed by atoms with van der Waals surface area (Å²) in [5, 5.41) is 12.3. The molecule has 6 heteroatoms. The quantitative estimate of drug-likeness (QED) is 0.891. The molecule has 2 rings (SSSR count). The zero-order valence-electron chi connectivity index (χ0n) is 11.5. The Kier molecular flexibility index (Phi) is 5.16. The summed E-state index contributed by atoms with van der Waals surface area (Å²) in [6.07, 6.45) is -1.11. The van der Waals surface area contributed by atoms with E-state index in [-0.39, 0.29) is 13.0 Å². The molecule has 0 radical (unpaired) electrons. The average molecular weight is 309 g/mol. The van der Waals surface area contributed by atoms with Crippen LogP contribution in [0.3, 0.4) is 0 Å². The molecule has 1 amide bonds. The zero-order chi connectivity index (χ0) is 16.1. The van der Waals surface area contributed by atoms with E-state index < -0.39 is 29.5 Å². The molecule has 0 spiro atoms. The lowest BCUT2D eigenvalue weighted by Crippen LogP contribution is -2.29. The number of rotatable bonds is 5. The van der Waals surface area contributed by atoms with Crippen LogP contribution >= 0.6 is 0 Å². The highest BCUT2D eigenvalue weighted by Crippen LogP contribution is 2.13. The first-order valence-electron chi connectivity index (χ1n) is 6.60. The molecule has 116 valence electrons. The first-order valence-corrected chi connectivity index (χ1v) is 6.60. The molecule has 0 bridgehead atoms. The fraction of sp³-hybridized carbons (Fsp3) is 0.188. The van der Waals surface area contributed by atoms with Gasteiger partial charge in [0.05, 0.1) is 12.5 Å². The number of benzene rings is 2. The van der Waals surface area contributed by atoms with Gasteiger partial charge in [-0.3, -0.25) is 4.79 Å². The first-order chi connectivity index (χ1) is 10.5. The lowest BCUT2D eigenvalue weighted by Gasteiger charge is -2.12. The molecule has 2 N–H and O–H groups in total. The molecule has 0 aromatic heterocycles. The minimum atomic E-state index is -1.02. The third-order valence-electron chi connectivity index (χ3n) is 3.10. The van der Waals surface area contributed by atoms with E-state index >= 15 is 0 Å². The van der Waals surface area contributed by atoms with Crippen molar-refractivity contribution in [1.82, 2.24) is 5.32 Å². The number of aliphatic hydroxyl groups excluding tert-OH is 1. The minimum absolute atomic E-state index is 0.0614. The van der Waals surface area contributed by atoms with Crippen LogP contribution in [0, 0.1) is 17.5 Å². The smallest absolute Gasteiger partial charge is 0.224 e. The summed E-state index contributed by atoms with van der Waals surface area (Å²) in [5.41, 5.74) is 0.794. The molecule has 0 aliphatic heterocycles. The Hall–Kier alpha value is -2.34. The summed E-state index contributed by atoms with van der Waals surface area (Å²) in [7, 11) is 0. The lowest BCUT2D eigenvalue weighted by atomic mass is 10.1. The summed E-state index contributed by atoms with van der Waals surface area (Å²) >= 11 is 0. The van der Waals surface area contributed by atoms with E-state index in [2.05, 4.69) is 5.32 Å². The number of carbonyl (C=O) groups is 1. The number of aliphatic hydroxyl groups is 1. The number of amides is 1. The van der Waals surface area contributed by atoms with E-state index in [1.807, 2.05) is 0 Å². The van der Waals surface area contributed by atoms with Crippen LogP contribution in [0.1, 0.15) is 17.2 Å². The van der Waals surface area contributed by atoms with Gasteiger partial charge in [-0.15, -0.1) is 0 Å². The van der Waals surface area contributed by atoms with Crippen molar-refractivity contribution in [2.45, 2.75) is 12.5 Å². The molecular formula is C16H14F3NO2. The van der Waals surface area contributed by atoms with E-state index in [9.17, 15) is 23.1 Å². The molecule has 3 nitrogen and oxygen atoms in total. The molecule has 0 fully saturated rings. The van der Waals surface area contributed by atoms with Gasteiger partial charge in [-0.2, -0.15) is 0 Å². The van der Waals surface area contributed by atoms with Gasteiger partial charge in [0, 0.05) is 6.54 Å². The molecule has 0 aliphatic rings. The topological polar surface area (TPSA) is 49.3 Å². The van der Waals surface area contributed by atoms with Gasteiger partial charge in [0.2, 0.25) is 5.91 Å². The van der Waals surface area contributed by atoms with Crippen LogP contribution in [0.5, 0.6) is 0 Å². The maximum Gasteiger partial charge on any atom is 0.224 e. The molecule has 1 atom stereocenters. The molecule has 22 heavy (non-hydrogen) atoms. The molecule has 0 saturated heterocycles. The molecule has 0 aliphatic carbocycles. The van der Waals surface area contributed by atoms with Crippen molar-refractivity contribution in [1.29, 1.82) is 0 Å². The summed E-state index contributed by atoms with van der Waals surface area (Å²) in [4.78, 5) is 11.7. The average Bonchev–Trinajstić information content (AvgIpc) is 2.49. The van der Waals surface area contributed by atoms with Crippen LogP contribution in [0.15, 0.2) is 42.5 Å². The van der Waals surface area contributed by atoms with Crippen molar-refractivity contribution in [3.05, 3.63) is 71.0 Å². The Morgan fingerprint density at radius 2 is 1.73 bits per heavy atom. The van der Waals surface area contributed by atoms with E-state index in [0.717, 1.165) is 12.1 Å². The van der Waals surface area contributed by atoms with Gasteiger partial charge < -0.3 is 10.4 Å². The molecule has 0 heterocycles. The van der Waals surface area contributed by atoms with Gasteiger partial charge in [-0.05, 0) is 35.4 Å². The third-order valence-corrected chi connectivity index (χ3v) is 3.10. The summed E-state index contributed by atoms with van der Waals surface area (Å²) in [6.45, 7) is -0.0614. The van der Waals surface area contributed by atoms with Crippen LogP contribution in [-0.4, -0.2) is 17.6 Å². The van der Waals surface area contributed by atoms with Crippen molar-refractivity contribution in [3.8, 4) is 0 Å². The van der Waals surface area contributed by atoms with Crippen molar-refractivity contribution in [2.75, 3.05) is 6.54 Å². The van der Waals surface area contributed by atoms with Crippen molar-refractivity contribution >= 4 is 5.91 Å². The number of hydrogen-bond donors (Lipinski definition) is 2. The number of nitrogens with one attached hydrogen (secondary N) is 1. The highest BCUT2D eigenvalue weighted by molar-refractivity contribution is 5.78. The Morgan fingerprint density at radius 3 is 2.36 bits per heavy atom. The van der Waals surface area contributed by atoms with Crippen LogP contribution in [-0.2, 0) is 11.2 Å². The van der Waals surface area contributed by atoms with Gasteiger partial charge >= 0.3 is 0 Å². The minimum Gasteiger partial charge on any atom is -0.387 e. The highest BCUT2D eigenvalue weighted by atomic mass is 19.2. The summed E-state index contributed by atoms with van der Waals surface area (Å²) in [6, 6.07) is 8.47. The molecule has 1 unspecified atom stereocenters. The molecule has 2 aromatic carbocycles. The van der Waals surface area contributed by atoms with Gasteiger partial charge in [-0.25, -0.2) is 13.2 Å². The van der Waals surface area contributed by atoms with E-state index in [0.29, 0.717) is 11.1 Å². The Labute approximate surface area is 125 Å². The number of hydrogen-bond acceptors (Lipinski definition) is 2. The fourth-order valence-corrected chi connectivity index (χ4v) is 1.91. The Morgan fingerprint density at radius 1 is 1.05 bits per heavy atom. The van der Waals surface area contributed by atoms with Crippen molar-refractivity contribution in [3.63, 3.8) is 0 Å². The number of halogens is 3. The SMILES string of the molecule is O=C(Cc1ccc(F)c(F)c1)NCC(O)c1ccc(F)cc1. The van der Waals surface area contributed by atoms with Crippen LogP contribution in [0.25, 0.3) is 0 Å². The summed E-state index contributed by atoms with van der Waals surface area (Å²) in [5.74, 6) is -2.85. The van der Waals surface area contributed by atoms with Crippen LogP contribution in [0.2, 0.25) is 0 Å². The van der Waals surface area contributed by atoms with Crippen LogP contribution in [0.4, 0.5) is 13.2 Å². The lowest BCUT2D eigenvalue weighted by molar-refractivity contribution is -0.120. The second-order valence-corrected chi connectivity index (χ2v) is 4.80. The Bertz CT molecular complexity index is 659. The number of carbonyl (C=O) groups excluding carboxylic acids is 1. The predicted octanol–water partition coefficient (Wildman–Crippen LogP) is 2.50. The van der Waals surface area contributed by atoms with Crippen LogP contribution < -0.4 is 5.32 Å².